The first kappa shape index (κ1) is 15.8. The molecule has 0 saturated heterocycles. The Kier molecular flexibility index (Phi) is 4.26. The van der Waals surface area contributed by atoms with Gasteiger partial charge >= 0.3 is 0 Å². The van der Waals surface area contributed by atoms with E-state index in [1.54, 1.807) is 18.2 Å². The third-order valence-corrected chi connectivity index (χ3v) is 4.38. The number of aromatic nitrogens is 3. The number of hydrogen-bond acceptors (Lipinski definition) is 5. The standard InChI is InChI=1S/C15H8Cl2N4OS/c1-23-15-19-6-9-12(20-15)8(5-18)7-21(14(9)22)13-10(16)3-2-4-11(13)17/h2-4,6-7H,1H3. The average molecular weight is 363 g/mol. The van der Waals surface area contributed by atoms with E-state index in [4.69, 9.17) is 23.2 Å². The number of fused-ring (bicyclic) bond motifs is 1. The van der Waals surface area contributed by atoms with Crippen LogP contribution in [0.15, 0.2) is 40.5 Å². The summed E-state index contributed by atoms with van der Waals surface area (Å²) in [6.45, 7) is 0. The number of halogens is 2. The molecule has 5 nitrogen and oxygen atoms in total. The summed E-state index contributed by atoms with van der Waals surface area (Å²) in [6.07, 6.45) is 4.63. The molecule has 8 heteroatoms. The molecular formula is C15H8Cl2N4OS. The molecule has 0 fully saturated rings. The van der Waals surface area contributed by atoms with Crippen molar-refractivity contribution < 1.29 is 0 Å². The van der Waals surface area contributed by atoms with Crippen LogP contribution >= 0.6 is 35.0 Å². The van der Waals surface area contributed by atoms with Gasteiger partial charge in [0.1, 0.15) is 6.07 Å². The second kappa shape index (κ2) is 6.20. The third kappa shape index (κ3) is 2.68. The molecule has 0 N–H and O–H groups in total. The predicted octanol–water partition coefficient (Wildman–Crippen LogP) is 3.68. The van der Waals surface area contributed by atoms with Crippen LogP contribution in [0.2, 0.25) is 10.0 Å². The van der Waals surface area contributed by atoms with Crippen molar-refractivity contribution in [2.24, 2.45) is 0 Å². The Morgan fingerprint density at radius 2 is 2.00 bits per heavy atom. The van der Waals surface area contributed by atoms with Crippen molar-refractivity contribution in [3.05, 3.63) is 56.6 Å². The highest BCUT2D eigenvalue weighted by Gasteiger charge is 2.16. The highest BCUT2D eigenvalue weighted by Crippen LogP contribution is 2.28. The molecule has 2 heterocycles. The van der Waals surface area contributed by atoms with Crippen LogP contribution in [-0.2, 0) is 0 Å². The number of para-hydroxylation sites is 1. The van der Waals surface area contributed by atoms with Gasteiger partial charge in [-0.05, 0) is 18.4 Å². The Hall–Kier alpha value is -2.07. The van der Waals surface area contributed by atoms with Crippen molar-refractivity contribution in [2.75, 3.05) is 6.26 Å². The molecule has 23 heavy (non-hydrogen) atoms. The molecule has 0 aliphatic rings. The first-order valence-electron chi connectivity index (χ1n) is 6.37. The van der Waals surface area contributed by atoms with Crippen LogP contribution in [0, 0.1) is 11.3 Å². The average Bonchev–Trinajstić information content (AvgIpc) is 2.56. The van der Waals surface area contributed by atoms with Gasteiger partial charge in [-0.15, -0.1) is 0 Å². The normalized spacial score (nSPS) is 10.7. The second-order valence-electron chi connectivity index (χ2n) is 4.52. The molecule has 0 amide bonds. The van der Waals surface area contributed by atoms with Gasteiger partial charge in [-0.3, -0.25) is 9.36 Å². The van der Waals surface area contributed by atoms with E-state index in [-0.39, 0.29) is 16.5 Å². The zero-order chi connectivity index (χ0) is 16.6. The lowest BCUT2D eigenvalue weighted by molar-refractivity contribution is 0.965. The molecule has 0 atom stereocenters. The topological polar surface area (TPSA) is 71.6 Å². The van der Waals surface area contributed by atoms with Gasteiger partial charge in [0.05, 0.1) is 32.2 Å². The van der Waals surface area contributed by atoms with Crippen LogP contribution in [0.3, 0.4) is 0 Å². The lowest BCUT2D eigenvalue weighted by Crippen LogP contribution is -2.20. The summed E-state index contributed by atoms with van der Waals surface area (Å²) in [4.78, 5) is 21.1. The lowest BCUT2D eigenvalue weighted by atomic mass is 10.2. The SMILES string of the molecule is CSc1ncc2c(=O)n(-c3c(Cl)cccc3Cl)cc(C#N)c2n1. The Labute approximate surface area is 145 Å². The Morgan fingerprint density at radius 1 is 1.30 bits per heavy atom. The van der Waals surface area contributed by atoms with Crippen molar-refractivity contribution in [2.45, 2.75) is 5.16 Å². The minimum atomic E-state index is -0.387. The molecule has 0 unspecified atom stereocenters. The smallest absolute Gasteiger partial charge is 0.266 e. The van der Waals surface area contributed by atoms with Crippen LogP contribution in [0.1, 0.15) is 5.56 Å². The van der Waals surface area contributed by atoms with E-state index in [1.165, 1.54) is 28.7 Å². The summed E-state index contributed by atoms with van der Waals surface area (Å²) in [5, 5.41) is 10.7. The van der Waals surface area contributed by atoms with E-state index in [1.807, 2.05) is 6.26 Å². The quantitative estimate of drug-likeness (QED) is 0.513. The molecule has 3 rings (SSSR count). The fraction of sp³-hybridized carbons (Fsp3) is 0.0667. The summed E-state index contributed by atoms with van der Waals surface area (Å²) in [7, 11) is 0. The van der Waals surface area contributed by atoms with Gasteiger partial charge in [0.15, 0.2) is 5.16 Å². The first-order valence-corrected chi connectivity index (χ1v) is 8.35. The van der Waals surface area contributed by atoms with Gasteiger partial charge in [-0.25, -0.2) is 9.97 Å². The van der Waals surface area contributed by atoms with E-state index in [0.29, 0.717) is 26.4 Å². The Balaban J connectivity index is 2.43. The zero-order valence-electron chi connectivity index (χ0n) is 11.7. The van der Waals surface area contributed by atoms with Crippen LogP contribution in [0.5, 0.6) is 0 Å². The molecule has 114 valence electrons. The summed E-state index contributed by atoms with van der Waals surface area (Å²) >= 11 is 13.7. The number of rotatable bonds is 2. The molecule has 0 bridgehead atoms. The summed E-state index contributed by atoms with van der Waals surface area (Å²) in [5.74, 6) is 0. The minimum Gasteiger partial charge on any atom is -0.279 e. The highest BCUT2D eigenvalue weighted by atomic mass is 35.5. The summed E-state index contributed by atoms with van der Waals surface area (Å²) < 4.78 is 1.26. The largest absolute Gasteiger partial charge is 0.279 e. The molecule has 3 aromatic rings. The number of nitrogens with zero attached hydrogens (tertiary/aromatic N) is 4. The fourth-order valence-electron chi connectivity index (χ4n) is 2.17. The van der Waals surface area contributed by atoms with Crippen LogP contribution < -0.4 is 5.56 Å². The van der Waals surface area contributed by atoms with Gasteiger partial charge in [-0.2, -0.15) is 5.26 Å². The predicted molar refractivity (Wildman–Crippen MR) is 91.7 cm³/mol. The van der Waals surface area contributed by atoms with Gasteiger partial charge in [-0.1, -0.05) is 41.0 Å². The number of thioether (sulfide) groups is 1. The van der Waals surface area contributed by atoms with Crippen molar-refractivity contribution in [1.82, 2.24) is 14.5 Å². The van der Waals surface area contributed by atoms with E-state index < -0.39 is 0 Å². The minimum absolute atomic E-state index is 0.234. The van der Waals surface area contributed by atoms with Gasteiger partial charge in [0.2, 0.25) is 0 Å². The molecular weight excluding hydrogens is 355 g/mol. The molecule has 1 aromatic carbocycles. The molecule has 2 aromatic heterocycles. The Bertz CT molecular complexity index is 1010. The van der Waals surface area contributed by atoms with E-state index in [0.717, 1.165) is 0 Å². The summed E-state index contributed by atoms with van der Waals surface area (Å²) in [6, 6.07) is 6.98. The first-order chi connectivity index (χ1) is 11.1. The summed E-state index contributed by atoms with van der Waals surface area (Å²) in [5.41, 5.74) is 0.499. The zero-order valence-corrected chi connectivity index (χ0v) is 14.1. The monoisotopic (exact) mass is 362 g/mol. The molecule has 0 radical (unpaired) electrons. The fourth-order valence-corrected chi connectivity index (χ4v) is 3.09. The maximum absolute atomic E-state index is 12.8. The molecule has 0 aliphatic carbocycles. The second-order valence-corrected chi connectivity index (χ2v) is 6.11. The van der Waals surface area contributed by atoms with Gasteiger partial charge in [0.25, 0.3) is 5.56 Å². The van der Waals surface area contributed by atoms with Crippen molar-refractivity contribution in [1.29, 1.82) is 5.26 Å². The van der Waals surface area contributed by atoms with E-state index in [2.05, 4.69) is 16.0 Å². The molecule has 0 saturated carbocycles. The van der Waals surface area contributed by atoms with E-state index >= 15 is 0 Å². The molecule has 0 aliphatic heterocycles. The highest BCUT2D eigenvalue weighted by molar-refractivity contribution is 7.98. The maximum atomic E-state index is 12.8. The van der Waals surface area contributed by atoms with E-state index in [9.17, 15) is 10.1 Å². The van der Waals surface area contributed by atoms with Crippen molar-refractivity contribution in [3.63, 3.8) is 0 Å². The lowest BCUT2D eigenvalue weighted by Gasteiger charge is -2.12. The van der Waals surface area contributed by atoms with Crippen LogP contribution in [0.25, 0.3) is 16.6 Å². The number of pyridine rings is 1. The van der Waals surface area contributed by atoms with Gasteiger partial charge < -0.3 is 0 Å². The van der Waals surface area contributed by atoms with Gasteiger partial charge in [0, 0.05) is 12.4 Å². The van der Waals surface area contributed by atoms with Crippen molar-refractivity contribution >= 4 is 45.9 Å². The Morgan fingerprint density at radius 3 is 2.61 bits per heavy atom. The number of benzene rings is 1. The number of nitriles is 1. The maximum Gasteiger partial charge on any atom is 0.266 e. The molecule has 0 spiro atoms. The van der Waals surface area contributed by atoms with Crippen LogP contribution in [-0.4, -0.2) is 20.8 Å². The number of hydrogen-bond donors (Lipinski definition) is 0. The third-order valence-electron chi connectivity index (χ3n) is 3.21. The van der Waals surface area contributed by atoms with Crippen LogP contribution in [0.4, 0.5) is 0 Å². The van der Waals surface area contributed by atoms with Crippen molar-refractivity contribution in [3.8, 4) is 11.8 Å².